The molecule has 0 aromatic heterocycles. The van der Waals surface area contributed by atoms with Crippen molar-refractivity contribution in [3.05, 3.63) is 64.7 Å². The summed E-state index contributed by atoms with van der Waals surface area (Å²) in [5, 5.41) is 3.80. The van der Waals surface area contributed by atoms with Crippen molar-refractivity contribution in [1.82, 2.24) is 5.32 Å². The number of hydrogen-bond donors (Lipinski definition) is 2. The fraction of sp³-hybridized carbons (Fsp3) is 0.350. The van der Waals surface area contributed by atoms with Gasteiger partial charge in [0.2, 0.25) is 0 Å². The number of halogens is 2. The molecule has 26 heavy (non-hydrogen) atoms. The number of benzene rings is 2. The Balaban J connectivity index is 0.00000243. The number of rotatable bonds is 5. The Labute approximate surface area is 165 Å². The van der Waals surface area contributed by atoms with E-state index >= 15 is 0 Å². The maximum Gasteiger partial charge on any atom is 0.255 e. The van der Waals surface area contributed by atoms with Gasteiger partial charge < -0.3 is 15.8 Å². The number of nitrogens with one attached hydrogen (secondary N) is 1. The molecule has 2 aromatic carbocycles. The summed E-state index contributed by atoms with van der Waals surface area (Å²) in [5.74, 6) is 0.495. The monoisotopic (exact) mass is 394 g/mol. The van der Waals surface area contributed by atoms with Crippen molar-refractivity contribution in [2.24, 2.45) is 5.73 Å². The highest BCUT2D eigenvalue weighted by molar-refractivity contribution is 6.30. The van der Waals surface area contributed by atoms with Gasteiger partial charge in [0.1, 0.15) is 12.4 Å². The number of para-hydroxylation sites is 1. The third-order valence-electron chi connectivity index (χ3n) is 4.55. The van der Waals surface area contributed by atoms with Crippen molar-refractivity contribution >= 4 is 29.9 Å². The number of ether oxygens (including phenoxy) is 1. The van der Waals surface area contributed by atoms with Crippen LogP contribution in [0.1, 0.15) is 41.6 Å². The Morgan fingerprint density at radius 1 is 1.08 bits per heavy atom. The zero-order chi connectivity index (χ0) is 17.6. The molecule has 0 heterocycles. The summed E-state index contributed by atoms with van der Waals surface area (Å²) in [7, 11) is 0. The van der Waals surface area contributed by atoms with E-state index in [1.807, 2.05) is 42.5 Å². The molecular weight excluding hydrogens is 371 g/mol. The number of carbonyl (C=O) groups excluding carboxylic acids is 1. The molecule has 0 spiro atoms. The van der Waals surface area contributed by atoms with Crippen LogP contribution in [0.15, 0.2) is 48.5 Å². The molecule has 0 saturated heterocycles. The van der Waals surface area contributed by atoms with Crippen molar-refractivity contribution in [2.45, 2.75) is 44.4 Å². The smallest absolute Gasteiger partial charge is 0.255 e. The third kappa shape index (κ3) is 5.63. The second-order valence-corrected chi connectivity index (χ2v) is 6.93. The maximum atomic E-state index is 12.6. The molecule has 0 bridgehead atoms. The molecule has 3 N–H and O–H groups in total. The average molecular weight is 395 g/mol. The van der Waals surface area contributed by atoms with Gasteiger partial charge in [0.25, 0.3) is 5.91 Å². The lowest BCUT2D eigenvalue weighted by molar-refractivity contribution is 0.0921. The van der Waals surface area contributed by atoms with Gasteiger partial charge in [-0.1, -0.05) is 35.9 Å². The summed E-state index contributed by atoms with van der Waals surface area (Å²) < 4.78 is 5.87. The number of carbonyl (C=O) groups is 1. The first-order valence-corrected chi connectivity index (χ1v) is 9.02. The normalized spacial score (nSPS) is 19.3. The minimum Gasteiger partial charge on any atom is -0.488 e. The first kappa shape index (κ1) is 20.6. The summed E-state index contributed by atoms with van der Waals surface area (Å²) >= 11 is 5.90. The van der Waals surface area contributed by atoms with Gasteiger partial charge in [-0.15, -0.1) is 12.4 Å². The van der Waals surface area contributed by atoms with Crippen LogP contribution in [0.2, 0.25) is 5.02 Å². The lowest BCUT2D eigenvalue weighted by Crippen LogP contribution is -2.40. The molecule has 0 aliphatic heterocycles. The Bertz CT molecular complexity index is 714. The van der Waals surface area contributed by atoms with E-state index in [0.717, 1.165) is 31.2 Å². The van der Waals surface area contributed by atoms with Gasteiger partial charge in [0, 0.05) is 17.1 Å². The summed E-state index contributed by atoms with van der Waals surface area (Å²) in [4.78, 5) is 12.6. The van der Waals surface area contributed by atoms with E-state index < -0.39 is 0 Å². The Morgan fingerprint density at radius 3 is 2.42 bits per heavy atom. The van der Waals surface area contributed by atoms with Crippen LogP contribution < -0.4 is 15.8 Å². The number of nitrogens with two attached hydrogens (primary N) is 1. The van der Waals surface area contributed by atoms with Gasteiger partial charge in [0.15, 0.2) is 0 Å². The highest BCUT2D eigenvalue weighted by Gasteiger charge is 2.21. The molecule has 0 radical (unpaired) electrons. The second-order valence-electron chi connectivity index (χ2n) is 6.50. The number of amides is 1. The minimum absolute atomic E-state index is 0. The van der Waals surface area contributed by atoms with E-state index in [1.165, 1.54) is 0 Å². The van der Waals surface area contributed by atoms with Crippen molar-refractivity contribution in [1.29, 1.82) is 0 Å². The molecular formula is C20H24Cl2N2O2. The molecule has 0 unspecified atom stereocenters. The third-order valence-corrected chi connectivity index (χ3v) is 4.80. The van der Waals surface area contributed by atoms with Crippen LogP contribution in [0.5, 0.6) is 5.75 Å². The quantitative estimate of drug-likeness (QED) is 0.792. The average Bonchev–Trinajstić information content (AvgIpc) is 2.63. The van der Waals surface area contributed by atoms with Crippen molar-refractivity contribution in [3.8, 4) is 5.75 Å². The SMILES string of the molecule is Cl.NC1CCC(NC(=O)c2ccccc2OCc2ccc(Cl)cc2)CC1. The molecule has 6 heteroatoms. The van der Waals surface area contributed by atoms with Gasteiger partial charge >= 0.3 is 0 Å². The lowest BCUT2D eigenvalue weighted by atomic mass is 9.91. The molecule has 3 rings (SSSR count). The van der Waals surface area contributed by atoms with Gasteiger partial charge in [-0.25, -0.2) is 0 Å². The molecule has 1 aliphatic carbocycles. The highest BCUT2D eigenvalue weighted by Crippen LogP contribution is 2.22. The van der Waals surface area contributed by atoms with Crippen molar-refractivity contribution in [2.75, 3.05) is 0 Å². The van der Waals surface area contributed by atoms with E-state index in [0.29, 0.717) is 22.9 Å². The predicted octanol–water partition coefficient (Wildman–Crippen LogP) is 4.34. The topological polar surface area (TPSA) is 64.3 Å². The van der Waals surface area contributed by atoms with E-state index in [2.05, 4.69) is 5.32 Å². The standard InChI is InChI=1S/C20H23ClN2O2.ClH/c21-15-7-5-14(6-8-15)13-25-19-4-2-1-3-18(19)20(24)23-17-11-9-16(22)10-12-17;/h1-8,16-17H,9-13,22H2,(H,23,24);1H. The molecule has 140 valence electrons. The molecule has 1 saturated carbocycles. The first-order chi connectivity index (χ1) is 12.1. The largest absolute Gasteiger partial charge is 0.488 e. The zero-order valence-electron chi connectivity index (χ0n) is 14.5. The summed E-state index contributed by atoms with van der Waals surface area (Å²) in [5.41, 5.74) is 7.49. The minimum atomic E-state index is -0.0906. The van der Waals surface area contributed by atoms with Crippen LogP contribution in [0, 0.1) is 0 Å². The van der Waals surface area contributed by atoms with Crippen molar-refractivity contribution in [3.63, 3.8) is 0 Å². The van der Waals surface area contributed by atoms with Crippen LogP contribution in [-0.4, -0.2) is 18.0 Å². The molecule has 1 fully saturated rings. The summed E-state index contributed by atoms with van der Waals surface area (Å²) in [6, 6.07) is 15.3. The molecule has 4 nitrogen and oxygen atoms in total. The fourth-order valence-electron chi connectivity index (χ4n) is 3.05. The van der Waals surface area contributed by atoms with Crippen molar-refractivity contribution < 1.29 is 9.53 Å². The Morgan fingerprint density at radius 2 is 1.73 bits per heavy atom. The first-order valence-electron chi connectivity index (χ1n) is 8.64. The predicted molar refractivity (Wildman–Crippen MR) is 107 cm³/mol. The van der Waals surface area contributed by atoms with Gasteiger partial charge in [-0.05, 0) is 55.5 Å². The zero-order valence-corrected chi connectivity index (χ0v) is 16.1. The van der Waals surface area contributed by atoms with Gasteiger partial charge in [0.05, 0.1) is 5.56 Å². The van der Waals surface area contributed by atoms with E-state index in [1.54, 1.807) is 6.07 Å². The van der Waals surface area contributed by atoms with E-state index in [-0.39, 0.29) is 30.4 Å². The van der Waals surface area contributed by atoms with Crippen LogP contribution in [-0.2, 0) is 6.61 Å². The molecule has 1 amide bonds. The van der Waals surface area contributed by atoms with Crippen LogP contribution in [0.4, 0.5) is 0 Å². The van der Waals surface area contributed by atoms with E-state index in [9.17, 15) is 4.79 Å². The molecule has 2 aromatic rings. The van der Waals surface area contributed by atoms with Crippen LogP contribution in [0.3, 0.4) is 0 Å². The summed E-state index contributed by atoms with van der Waals surface area (Å²) in [6.07, 6.45) is 3.78. The second kappa shape index (κ2) is 9.81. The fourth-order valence-corrected chi connectivity index (χ4v) is 3.17. The van der Waals surface area contributed by atoms with Crippen LogP contribution >= 0.6 is 24.0 Å². The Hall–Kier alpha value is -1.75. The van der Waals surface area contributed by atoms with Gasteiger partial charge in [-0.2, -0.15) is 0 Å². The van der Waals surface area contributed by atoms with E-state index in [4.69, 9.17) is 22.1 Å². The maximum absolute atomic E-state index is 12.6. The molecule has 1 aliphatic rings. The highest BCUT2D eigenvalue weighted by atomic mass is 35.5. The van der Waals surface area contributed by atoms with Crippen LogP contribution in [0.25, 0.3) is 0 Å². The summed E-state index contributed by atoms with van der Waals surface area (Å²) in [6.45, 7) is 0.389. The molecule has 0 atom stereocenters. The Kier molecular flexibility index (Phi) is 7.76. The van der Waals surface area contributed by atoms with Gasteiger partial charge in [-0.3, -0.25) is 4.79 Å². The lowest BCUT2D eigenvalue weighted by Gasteiger charge is -2.27. The number of hydrogen-bond acceptors (Lipinski definition) is 3.